The highest BCUT2D eigenvalue weighted by molar-refractivity contribution is 5.78. The maximum Gasteiger partial charge on any atom is 0.189 e. The molecule has 0 radical (unpaired) electrons. The molecule has 0 saturated carbocycles. The Hall–Kier alpha value is -1.59. The monoisotopic (exact) mass is 236 g/mol. The quantitative estimate of drug-likeness (QED) is 0.576. The summed E-state index contributed by atoms with van der Waals surface area (Å²) < 4.78 is 2.13. The maximum absolute atomic E-state index is 5.80. The Morgan fingerprint density at radius 1 is 1.47 bits per heavy atom. The fourth-order valence-electron chi connectivity index (χ4n) is 1.91. The Balaban J connectivity index is 1.99. The van der Waals surface area contributed by atoms with E-state index in [1.54, 1.807) is 0 Å². The molecule has 0 aromatic carbocycles. The van der Waals surface area contributed by atoms with Gasteiger partial charge >= 0.3 is 0 Å². The molecule has 0 aliphatic carbocycles. The van der Waals surface area contributed by atoms with Crippen molar-refractivity contribution in [2.45, 2.75) is 52.2 Å². The lowest BCUT2D eigenvalue weighted by Gasteiger charge is -2.20. The van der Waals surface area contributed by atoms with Crippen LogP contribution < -0.4 is 11.1 Å². The molecule has 0 amide bonds. The highest BCUT2D eigenvalue weighted by Gasteiger charge is 2.17. The van der Waals surface area contributed by atoms with Gasteiger partial charge in [0, 0.05) is 18.5 Å². The molecule has 1 aliphatic rings. The number of nitrogens with zero attached hydrogens (tertiary/aromatic N) is 4. The van der Waals surface area contributed by atoms with Crippen molar-refractivity contribution < 1.29 is 0 Å². The minimum atomic E-state index is -0.0691. The number of fused-ring (bicyclic) bond motifs is 1. The summed E-state index contributed by atoms with van der Waals surface area (Å²) >= 11 is 0. The second kappa shape index (κ2) is 4.35. The minimum absolute atomic E-state index is 0.0691. The minimum Gasteiger partial charge on any atom is -0.370 e. The molecule has 0 saturated heterocycles. The van der Waals surface area contributed by atoms with Crippen LogP contribution in [0.5, 0.6) is 0 Å². The third-order valence-electron chi connectivity index (χ3n) is 2.58. The van der Waals surface area contributed by atoms with Gasteiger partial charge in [-0.05, 0) is 27.2 Å². The summed E-state index contributed by atoms with van der Waals surface area (Å²) in [5.74, 6) is 2.42. The van der Waals surface area contributed by atoms with Crippen LogP contribution in [0.3, 0.4) is 0 Å². The molecule has 2 rings (SSSR count). The van der Waals surface area contributed by atoms with Crippen molar-refractivity contribution >= 4 is 5.96 Å². The van der Waals surface area contributed by atoms with Gasteiger partial charge < -0.3 is 15.6 Å². The molecule has 94 valence electrons. The maximum atomic E-state index is 5.80. The molecule has 0 spiro atoms. The van der Waals surface area contributed by atoms with E-state index in [1.807, 2.05) is 20.8 Å². The van der Waals surface area contributed by atoms with Gasteiger partial charge in [-0.2, -0.15) is 0 Å². The fourth-order valence-corrected chi connectivity index (χ4v) is 1.91. The van der Waals surface area contributed by atoms with E-state index in [9.17, 15) is 0 Å². The highest BCUT2D eigenvalue weighted by atomic mass is 15.3. The van der Waals surface area contributed by atoms with Crippen LogP contribution >= 0.6 is 0 Å². The average Bonchev–Trinajstić information content (AvgIpc) is 2.73. The van der Waals surface area contributed by atoms with E-state index < -0.39 is 0 Å². The molecule has 1 aromatic heterocycles. The van der Waals surface area contributed by atoms with E-state index in [0.717, 1.165) is 31.0 Å². The van der Waals surface area contributed by atoms with E-state index >= 15 is 0 Å². The number of nitrogens with two attached hydrogens (primary N) is 1. The van der Waals surface area contributed by atoms with Gasteiger partial charge in [0.1, 0.15) is 12.4 Å². The van der Waals surface area contributed by atoms with Crippen molar-refractivity contribution in [1.29, 1.82) is 0 Å². The number of aliphatic imine (C=N–C) groups is 1. The van der Waals surface area contributed by atoms with Gasteiger partial charge in [0.15, 0.2) is 11.8 Å². The summed E-state index contributed by atoms with van der Waals surface area (Å²) in [5, 5.41) is 11.4. The van der Waals surface area contributed by atoms with Crippen molar-refractivity contribution in [1.82, 2.24) is 20.1 Å². The molecule has 6 nitrogen and oxygen atoms in total. The largest absolute Gasteiger partial charge is 0.370 e. The van der Waals surface area contributed by atoms with Gasteiger partial charge in [0.2, 0.25) is 0 Å². The molecule has 17 heavy (non-hydrogen) atoms. The van der Waals surface area contributed by atoms with E-state index in [-0.39, 0.29) is 5.54 Å². The SMILES string of the molecule is CC(C)(C)NC(N)=NCc1nnc2n1CCC2. The average molecular weight is 236 g/mol. The Morgan fingerprint density at radius 3 is 2.94 bits per heavy atom. The van der Waals surface area contributed by atoms with Crippen LogP contribution in [-0.4, -0.2) is 26.3 Å². The molecule has 0 fully saturated rings. The number of aromatic nitrogens is 3. The van der Waals surface area contributed by atoms with Gasteiger partial charge in [-0.3, -0.25) is 0 Å². The Bertz CT molecular complexity index is 426. The highest BCUT2D eigenvalue weighted by Crippen LogP contribution is 2.14. The molecule has 1 aromatic rings. The summed E-state index contributed by atoms with van der Waals surface area (Å²) in [6.07, 6.45) is 2.17. The second-order valence-corrected chi connectivity index (χ2v) is 5.36. The standard InChI is InChI=1S/C11H20N6/c1-11(2,3)14-10(12)13-7-9-16-15-8-5-4-6-17(8)9/h4-7H2,1-3H3,(H3,12,13,14). The second-order valence-electron chi connectivity index (χ2n) is 5.36. The Kier molecular flexibility index (Phi) is 3.04. The number of guanidine groups is 1. The van der Waals surface area contributed by atoms with Gasteiger partial charge in [-0.25, -0.2) is 4.99 Å². The van der Waals surface area contributed by atoms with Gasteiger partial charge in [0.05, 0.1) is 0 Å². The van der Waals surface area contributed by atoms with Crippen LogP contribution in [0.4, 0.5) is 0 Å². The van der Waals surface area contributed by atoms with Crippen LogP contribution in [0.2, 0.25) is 0 Å². The first-order valence-corrected chi connectivity index (χ1v) is 5.95. The first-order valence-electron chi connectivity index (χ1n) is 5.95. The first kappa shape index (κ1) is 11.9. The van der Waals surface area contributed by atoms with E-state index in [1.165, 1.54) is 0 Å². The Labute approximate surface area is 101 Å². The fraction of sp³-hybridized carbons (Fsp3) is 0.727. The zero-order valence-corrected chi connectivity index (χ0v) is 10.7. The van der Waals surface area contributed by atoms with E-state index in [0.29, 0.717) is 12.5 Å². The van der Waals surface area contributed by atoms with Crippen LogP contribution in [-0.2, 0) is 19.5 Å². The summed E-state index contributed by atoms with van der Waals surface area (Å²) in [4.78, 5) is 4.29. The molecule has 3 N–H and O–H groups in total. The predicted molar refractivity (Wildman–Crippen MR) is 66.6 cm³/mol. The number of hydrogen-bond acceptors (Lipinski definition) is 3. The third-order valence-corrected chi connectivity index (χ3v) is 2.58. The van der Waals surface area contributed by atoms with Crippen molar-refractivity contribution in [3.63, 3.8) is 0 Å². The van der Waals surface area contributed by atoms with Crippen molar-refractivity contribution in [2.24, 2.45) is 10.7 Å². The van der Waals surface area contributed by atoms with Crippen molar-refractivity contribution in [3.8, 4) is 0 Å². The summed E-state index contributed by atoms with van der Waals surface area (Å²) in [6, 6.07) is 0. The number of hydrogen-bond donors (Lipinski definition) is 2. The first-order chi connectivity index (χ1) is 7.96. The van der Waals surface area contributed by atoms with E-state index in [4.69, 9.17) is 5.73 Å². The molecule has 1 aliphatic heterocycles. The predicted octanol–water partition coefficient (Wildman–Crippen LogP) is 0.427. The summed E-state index contributed by atoms with van der Waals surface area (Å²) in [7, 11) is 0. The van der Waals surface area contributed by atoms with E-state index in [2.05, 4.69) is 25.1 Å². The third kappa shape index (κ3) is 2.95. The smallest absolute Gasteiger partial charge is 0.189 e. The summed E-state index contributed by atoms with van der Waals surface area (Å²) in [5.41, 5.74) is 5.73. The van der Waals surface area contributed by atoms with Crippen molar-refractivity contribution in [2.75, 3.05) is 0 Å². The molecular formula is C11H20N6. The molecule has 0 unspecified atom stereocenters. The van der Waals surface area contributed by atoms with Crippen LogP contribution in [0.1, 0.15) is 38.8 Å². The number of nitrogens with one attached hydrogen (secondary N) is 1. The molecule has 0 atom stereocenters. The zero-order valence-electron chi connectivity index (χ0n) is 10.7. The summed E-state index contributed by atoms with van der Waals surface area (Å²) in [6.45, 7) is 7.63. The van der Waals surface area contributed by atoms with Crippen molar-refractivity contribution in [3.05, 3.63) is 11.6 Å². The molecular weight excluding hydrogens is 216 g/mol. The molecule has 0 bridgehead atoms. The lowest BCUT2D eigenvalue weighted by molar-refractivity contribution is 0.507. The lowest BCUT2D eigenvalue weighted by Crippen LogP contribution is -2.45. The van der Waals surface area contributed by atoms with Gasteiger partial charge in [-0.15, -0.1) is 10.2 Å². The molecule has 2 heterocycles. The normalized spacial score (nSPS) is 16.1. The lowest BCUT2D eigenvalue weighted by atomic mass is 10.1. The van der Waals surface area contributed by atoms with Crippen LogP contribution in [0.25, 0.3) is 0 Å². The number of aryl methyl sites for hydroxylation is 1. The zero-order chi connectivity index (χ0) is 12.5. The topological polar surface area (TPSA) is 81.1 Å². The Morgan fingerprint density at radius 2 is 2.24 bits per heavy atom. The number of rotatable bonds is 2. The van der Waals surface area contributed by atoms with Crippen LogP contribution in [0, 0.1) is 0 Å². The van der Waals surface area contributed by atoms with Gasteiger partial charge in [-0.1, -0.05) is 0 Å². The van der Waals surface area contributed by atoms with Crippen LogP contribution in [0.15, 0.2) is 4.99 Å². The van der Waals surface area contributed by atoms with Gasteiger partial charge in [0.25, 0.3) is 0 Å². The molecule has 6 heteroatoms.